The molecule has 3 N–H and O–H groups in total. The molecule has 1 heterocycles. The smallest absolute Gasteiger partial charge is 0.405 e. The molecule has 0 spiro atoms. The number of aromatic nitrogens is 1. The Morgan fingerprint density at radius 2 is 2.00 bits per heavy atom. The number of pyridine rings is 1. The lowest BCUT2D eigenvalue weighted by Gasteiger charge is -2.15. The molecule has 0 radical (unpaired) electrons. The molecule has 4 nitrogen and oxygen atoms in total. The molecule has 0 aliphatic rings. The van der Waals surface area contributed by atoms with Gasteiger partial charge in [-0.2, -0.15) is 0 Å². The van der Waals surface area contributed by atoms with Gasteiger partial charge in [-0.3, -0.25) is 0 Å². The summed E-state index contributed by atoms with van der Waals surface area (Å²) in [5, 5.41) is 8.67. The third-order valence-electron chi connectivity index (χ3n) is 1.71. The highest BCUT2D eigenvalue weighted by molar-refractivity contribution is 5.51. The fourth-order valence-electron chi connectivity index (χ4n) is 1.11. The minimum atomic E-state index is -5.13. The van der Waals surface area contributed by atoms with Crippen LogP contribution in [0.5, 0.6) is 5.75 Å². The molecule has 1 aromatic rings. The van der Waals surface area contributed by atoms with Crippen molar-refractivity contribution in [2.24, 2.45) is 0 Å². The second-order valence-electron chi connectivity index (χ2n) is 2.92. The van der Waals surface area contributed by atoms with Crippen molar-refractivity contribution in [3.05, 3.63) is 17.3 Å². The largest absolute Gasteiger partial charge is 0.573 e. The number of ether oxygens (including phenoxy) is 1. The molecule has 0 aromatic carbocycles. The monoisotopic (exact) mass is 258 g/mol. The molecule has 0 aliphatic carbocycles. The second kappa shape index (κ2) is 4.70. The van der Waals surface area contributed by atoms with E-state index < -0.39 is 36.5 Å². The maximum atomic E-state index is 12.5. The summed E-state index contributed by atoms with van der Waals surface area (Å²) in [6.45, 7) is -0.748. The SMILES string of the molecule is Nc1nc(CO)cc(OC(F)(F)F)c1C(F)F. The summed E-state index contributed by atoms with van der Waals surface area (Å²) in [5.41, 5.74) is 3.61. The first-order valence-electron chi connectivity index (χ1n) is 4.18. The van der Waals surface area contributed by atoms with Crippen molar-refractivity contribution < 1.29 is 31.8 Å². The van der Waals surface area contributed by atoms with Crippen molar-refractivity contribution in [1.82, 2.24) is 4.98 Å². The van der Waals surface area contributed by atoms with E-state index in [1.54, 1.807) is 0 Å². The van der Waals surface area contributed by atoms with Crippen LogP contribution in [0, 0.1) is 0 Å². The van der Waals surface area contributed by atoms with Crippen LogP contribution in [0.25, 0.3) is 0 Å². The third-order valence-corrected chi connectivity index (χ3v) is 1.71. The van der Waals surface area contributed by atoms with Gasteiger partial charge in [0.05, 0.1) is 12.3 Å². The second-order valence-corrected chi connectivity index (χ2v) is 2.92. The molecule has 0 bridgehead atoms. The molecule has 96 valence electrons. The number of nitrogen functional groups attached to an aromatic ring is 1. The summed E-state index contributed by atoms with van der Waals surface area (Å²) in [5.74, 6) is -1.98. The number of aliphatic hydroxyl groups excluding tert-OH is 1. The highest BCUT2D eigenvalue weighted by Crippen LogP contribution is 2.36. The third kappa shape index (κ3) is 3.41. The number of anilines is 1. The molecule has 0 saturated heterocycles. The van der Waals surface area contributed by atoms with Crippen LogP contribution < -0.4 is 10.5 Å². The Morgan fingerprint density at radius 3 is 2.41 bits per heavy atom. The molecular formula is C8H7F5N2O2. The van der Waals surface area contributed by atoms with Crippen LogP contribution in [0.2, 0.25) is 0 Å². The van der Waals surface area contributed by atoms with Crippen LogP contribution in [-0.2, 0) is 6.61 Å². The zero-order chi connectivity index (χ0) is 13.2. The summed E-state index contributed by atoms with van der Waals surface area (Å²) < 4.78 is 64.2. The lowest BCUT2D eigenvalue weighted by molar-refractivity contribution is -0.275. The molecule has 17 heavy (non-hydrogen) atoms. The number of aliphatic hydroxyl groups is 1. The van der Waals surface area contributed by atoms with Gasteiger partial charge in [0.1, 0.15) is 17.1 Å². The molecule has 0 aliphatic heterocycles. The van der Waals surface area contributed by atoms with E-state index in [2.05, 4.69) is 9.72 Å². The molecule has 0 saturated carbocycles. The molecule has 9 heteroatoms. The predicted octanol–water partition coefficient (Wildman–Crippen LogP) is 1.99. The Balaban J connectivity index is 3.27. The summed E-state index contributed by atoms with van der Waals surface area (Å²) >= 11 is 0. The Bertz CT molecular complexity index is 408. The van der Waals surface area contributed by atoms with E-state index in [1.165, 1.54) is 0 Å². The van der Waals surface area contributed by atoms with E-state index >= 15 is 0 Å². The van der Waals surface area contributed by atoms with E-state index in [0.29, 0.717) is 6.07 Å². The fraction of sp³-hybridized carbons (Fsp3) is 0.375. The quantitative estimate of drug-likeness (QED) is 0.813. The number of hydrogen-bond donors (Lipinski definition) is 2. The molecular weight excluding hydrogens is 251 g/mol. The van der Waals surface area contributed by atoms with Gasteiger partial charge in [0.25, 0.3) is 6.43 Å². The number of halogens is 5. The highest BCUT2D eigenvalue weighted by atomic mass is 19.4. The van der Waals surface area contributed by atoms with Crippen molar-refractivity contribution >= 4 is 5.82 Å². The maximum Gasteiger partial charge on any atom is 0.573 e. The van der Waals surface area contributed by atoms with Crippen LogP contribution >= 0.6 is 0 Å². The number of nitrogens with two attached hydrogens (primary N) is 1. The van der Waals surface area contributed by atoms with Crippen LogP contribution in [0.15, 0.2) is 6.07 Å². The minimum Gasteiger partial charge on any atom is -0.405 e. The van der Waals surface area contributed by atoms with E-state index in [9.17, 15) is 22.0 Å². The minimum absolute atomic E-state index is 0.300. The number of alkyl halides is 5. The fourth-order valence-corrected chi connectivity index (χ4v) is 1.11. The number of nitrogens with zero attached hydrogens (tertiary/aromatic N) is 1. The van der Waals surface area contributed by atoms with Gasteiger partial charge < -0.3 is 15.6 Å². The standard InChI is InChI=1S/C8H7F5N2O2/c9-6(10)5-4(17-8(11,12)13)1-3(2-16)15-7(5)14/h1,6,16H,2H2,(H2,14,15). The van der Waals surface area contributed by atoms with Crippen LogP contribution in [0.4, 0.5) is 27.8 Å². The average molecular weight is 258 g/mol. The first kappa shape index (κ1) is 13.4. The number of rotatable bonds is 3. The van der Waals surface area contributed by atoms with E-state index in [0.717, 1.165) is 0 Å². The van der Waals surface area contributed by atoms with E-state index in [1.807, 2.05) is 0 Å². The normalized spacial score (nSPS) is 11.9. The average Bonchev–Trinajstić information content (AvgIpc) is 2.13. The lowest BCUT2D eigenvalue weighted by Crippen LogP contribution is -2.19. The molecule has 0 atom stereocenters. The number of hydrogen-bond acceptors (Lipinski definition) is 4. The summed E-state index contributed by atoms with van der Waals surface area (Å²) in [6.07, 6.45) is -8.41. The van der Waals surface area contributed by atoms with Gasteiger partial charge in [0.15, 0.2) is 0 Å². The molecule has 1 rings (SSSR count). The summed E-state index contributed by atoms with van der Waals surface area (Å²) in [6, 6.07) is 0.561. The van der Waals surface area contributed by atoms with Crippen molar-refractivity contribution in [2.45, 2.75) is 19.4 Å². The van der Waals surface area contributed by atoms with Crippen molar-refractivity contribution in [3.8, 4) is 5.75 Å². The van der Waals surface area contributed by atoms with Gasteiger partial charge in [0, 0.05) is 6.07 Å². The predicted molar refractivity (Wildman–Crippen MR) is 46.2 cm³/mol. The van der Waals surface area contributed by atoms with Gasteiger partial charge >= 0.3 is 6.36 Å². The summed E-state index contributed by atoms with van der Waals surface area (Å²) in [7, 11) is 0. The van der Waals surface area contributed by atoms with Gasteiger partial charge in [-0.1, -0.05) is 0 Å². The molecule has 1 aromatic heterocycles. The Morgan fingerprint density at radius 1 is 1.41 bits per heavy atom. The topological polar surface area (TPSA) is 68.4 Å². The summed E-state index contributed by atoms with van der Waals surface area (Å²) in [4.78, 5) is 3.30. The Labute approximate surface area is 91.8 Å². The van der Waals surface area contributed by atoms with E-state index in [-0.39, 0.29) is 5.69 Å². The van der Waals surface area contributed by atoms with Gasteiger partial charge in [0.2, 0.25) is 0 Å². The zero-order valence-corrected chi connectivity index (χ0v) is 8.13. The maximum absolute atomic E-state index is 12.5. The Hall–Kier alpha value is -1.64. The van der Waals surface area contributed by atoms with E-state index in [4.69, 9.17) is 10.8 Å². The molecule has 0 amide bonds. The van der Waals surface area contributed by atoms with Gasteiger partial charge in [-0.15, -0.1) is 13.2 Å². The van der Waals surface area contributed by atoms with Gasteiger partial charge in [-0.25, -0.2) is 13.8 Å². The van der Waals surface area contributed by atoms with Crippen molar-refractivity contribution in [2.75, 3.05) is 5.73 Å². The first-order valence-corrected chi connectivity index (χ1v) is 4.18. The highest BCUT2D eigenvalue weighted by Gasteiger charge is 2.34. The molecule has 0 fully saturated rings. The Kier molecular flexibility index (Phi) is 3.71. The molecule has 0 unspecified atom stereocenters. The zero-order valence-electron chi connectivity index (χ0n) is 8.13. The van der Waals surface area contributed by atoms with Crippen LogP contribution in [0.1, 0.15) is 17.7 Å². The first-order chi connectivity index (χ1) is 7.74. The van der Waals surface area contributed by atoms with Gasteiger partial charge in [-0.05, 0) is 0 Å². The van der Waals surface area contributed by atoms with Crippen LogP contribution in [-0.4, -0.2) is 16.5 Å². The van der Waals surface area contributed by atoms with Crippen molar-refractivity contribution in [3.63, 3.8) is 0 Å². The van der Waals surface area contributed by atoms with Crippen LogP contribution in [0.3, 0.4) is 0 Å². The lowest BCUT2D eigenvalue weighted by atomic mass is 10.2. The van der Waals surface area contributed by atoms with Crippen molar-refractivity contribution in [1.29, 1.82) is 0 Å².